The zero-order valence-electron chi connectivity index (χ0n) is 9.58. The topological polar surface area (TPSA) is 63.2 Å². The molecule has 6 heteroatoms. The van der Waals surface area contributed by atoms with Crippen LogP contribution < -0.4 is 4.72 Å². The fourth-order valence-electron chi connectivity index (χ4n) is 1.54. The number of thiophene rings is 1. The fourth-order valence-corrected chi connectivity index (χ4v) is 2.86. The monoisotopic (exact) mass is 281 g/mol. The average molecular weight is 281 g/mol. The van der Waals surface area contributed by atoms with Crippen molar-refractivity contribution in [3.63, 3.8) is 0 Å². The van der Waals surface area contributed by atoms with Crippen molar-refractivity contribution in [2.45, 2.75) is 0 Å². The van der Waals surface area contributed by atoms with E-state index in [0.717, 1.165) is 17.4 Å². The average Bonchev–Trinajstić information content (AvgIpc) is 2.76. The van der Waals surface area contributed by atoms with Gasteiger partial charge >= 0.3 is 0 Å². The van der Waals surface area contributed by atoms with E-state index in [-0.39, 0.29) is 0 Å². The lowest BCUT2D eigenvalue weighted by molar-refractivity contribution is 0.0986. The van der Waals surface area contributed by atoms with Crippen LogP contribution in [0.5, 0.6) is 0 Å². The van der Waals surface area contributed by atoms with Gasteiger partial charge < -0.3 is 0 Å². The van der Waals surface area contributed by atoms with Gasteiger partial charge in [-0.1, -0.05) is 30.3 Å². The predicted molar refractivity (Wildman–Crippen MR) is 72.1 cm³/mol. The second kappa shape index (κ2) is 4.91. The number of rotatable bonds is 3. The van der Waals surface area contributed by atoms with Gasteiger partial charge in [0.1, 0.15) is 4.88 Å². The van der Waals surface area contributed by atoms with Gasteiger partial charge in [0.15, 0.2) is 0 Å². The number of carbonyl (C=O) groups excluding carboxylic acids is 1. The summed E-state index contributed by atoms with van der Waals surface area (Å²) in [6, 6.07) is 11.2. The van der Waals surface area contributed by atoms with E-state index in [2.05, 4.69) is 0 Å². The van der Waals surface area contributed by atoms with Crippen LogP contribution in [-0.4, -0.2) is 20.6 Å². The summed E-state index contributed by atoms with van der Waals surface area (Å²) in [4.78, 5) is 12.2. The van der Waals surface area contributed by atoms with Crippen LogP contribution in [-0.2, 0) is 10.0 Å². The molecule has 0 atom stereocenters. The van der Waals surface area contributed by atoms with Crippen LogP contribution in [0, 0.1) is 0 Å². The second-order valence-corrected chi connectivity index (χ2v) is 6.40. The summed E-state index contributed by atoms with van der Waals surface area (Å²) in [7, 11) is -3.54. The van der Waals surface area contributed by atoms with Gasteiger partial charge in [-0.25, -0.2) is 13.1 Å². The molecule has 0 fully saturated rings. The number of carbonyl (C=O) groups is 1. The van der Waals surface area contributed by atoms with Crippen molar-refractivity contribution in [3.05, 3.63) is 46.7 Å². The maximum atomic E-state index is 11.8. The quantitative estimate of drug-likeness (QED) is 0.937. The Morgan fingerprint density at radius 2 is 1.83 bits per heavy atom. The van der Waals surface area contributed by atoms with E-state index in [1.54, 1.807) is 11.4 Å². The molecule has 0 aliphatic carbocycles. The lowest BCUT2D eigenvalue weighted by Crippen LogP contribution is -2.28. The molecule has 1 aromatic heterocycles. The first-order chi connectivity index (χ1) is 8.47. The molecule has 0 saturated carbocycles. The summed E-state index contributed by atoms with van der Waals surface area (Å²) < 4.78 is 24.1. The van der Waals surface area contributed by atoms with Crippen molar-refractivity contribution in [1.82, 2.24) is 4.72 Å². The molecular formula is C12H11NO3S2. The highest BCUT2D eigenvalue weighted by Gasteiger charge is 2.17. The van der Waals surface area contributed by atoms with Crippen LogP contribution >= 0.6 is 11.3 Å². The highest BCUT2D eigenvalue weighted by molar-refractivity contribution is 7.89. The molecule has 2 aromatic rings. The number of sulfonamides is 1. The molecule has 0 aliphatic heterocycles. The maximum Gasteiger partial charge on any atom is 0.275 e. The Bertz CT molecular complexity index is 660. The summed E-state index contributed by atoms with van der Waals surface area (Å²) >= 11 is 1.22. The predicted octanol–water partition coefficient (Wildman–Crippen LogP) is 2.10. The Morgan fingerprint density at radius 1 is 1.17 bits per heavy atom. The van der Waals surface area contributed by atoms with Crippen molar-refractivity contribution in [2.24, 2.45) is 0 Å². The van der Waals surface area contributed by atoms with E-state index < -0.39 is 15.9 Å². The largest absolute Gasteiger partial charge is 0.275 e. The normalized spacial score (nSPS) is 11.2. The van der Waals surface area contributed by atoms with E-state index in [1.807, 2.05) is 35.1 Å². The van der Waals surface area contributed by atoms with Gasteiger partial charge in [0, 0.05) is 5.56 Å². The van der Waals surface area contributed by atoms with Crippen molar-refractivity contribution in [1.29, 1.82) is 0 Å². The Balaban J connectivity index is 2.37. The maximum absolute atomic E-state index is 11.8. The molecule has 0 radical (unpaired) electrons. The summed E-state index contributed by atoms with van der Waals surface area (Å²) in [6.07, 6.45) is 0.959. The molecular weight excluding hydrogens is 270 g/mol. The molecule has 1 heterocycles. The number of benzene rings is 1. The minimum atomic E-state index is -3.54. The lowest BCUT2D eigenvalue weighted by atomic mass is 10.1. The van der Waals surface area contributed by atoms with Crippen LogP contribution in [0.3, 0.4) is 0 Å². The molecule has 18 heavy (non-hydrogen) atoms. The number of hydrogen-bond acceptors (Lipinski definition) is 4. The van der Waals surface area contributed by atoms with Crippen LogP contribution in [0.2, 0.25) is 0 Å². The zero-order valence-corrected chi connectivity index (χ0v) is 11.2. The fraction of sp³-hybridized carbons (Fsp3) is 0.0833. The van der Waals surface area contributed by atoms with E-state index in [1.165, 1.54) is 11.3 Å². The second-order valence-electron chi connectivity index (χ2n) is 3.73. The third-order valence-electron chi connectivity index (χ3n) is 2.23. The molecule has 0 saturated heterocycles. The van der Waals surface area contributed by atoms with Crippen LogP contribution in [0.1, 0.15) is 9.67 Å². The molecule has 4 nitrogen and oxygen atoms in total. The van der Waals surface area contributed by atoms with Crippen LogP contribution in [0.15, 0.2) is 41.8 Å². The molecule has 1 amide bonds. The van der Waals surface area contributed by atoms with Crippen molar-refractivity contribution < 1.29 is 13.2 Å². The zero-order chi connectivity index (χ0) is 13.2. The van der Waals surface area contributed by atoms with Gasteiger partial charge in [0.2, 0.25) is 10.0 Å². The first kappa shape index (κ1) is 12.8. The molecule has 0 aliphatic rings. The summed E-state index contributed by atoms with van der Waals surface area (Å²) in [5.41, 5.74) is 1.62. The van der Waals surface area contributed by atoms with Gasteiger partial charge in [-0.05, 0) is 17.0 Å². The van der Waals surface area contributed by atoms with Gasteiger partial charge in [-0.2, -0.15) is 0 Å². The number of nitrogens with one attached hydrogen (secondary N) is 1. The van der Waals surface area contributed by atoms with E-state index in [9.17, 15) is 13.2 Å². The smallest absolute Gasteiger partial charge is 0.267 e. The molecule has 0 bridgehead atoms. The van der Waals surface area contributed by atoms with Gasteiger partial charge in [-0.3, -0.25) is 4.79 Å². The van der Waals surface area contributed by atoms with Crippen LogP contribution in [0.4, 0.5) is 0 Å². The first-order valence-electron chi connectivity index (χ1n) is 5.12. The van der Waals surface area contributed by atoms with E-state index >= 15 is 0 Å². The number of hydrogen-bond donors (Lipinski definition) is 1. The lowest BCUT2D eigenvalue weighted by Gasteiger charge is -2.04. The summed E-state index contributed by atoms with van der Waals surface area (Å²) in [5, 5.41) is 1.76. The molecule has 1 aromatic carbocycles. The molecule has 1 N–H and O–H groups in total. The van der Waals surface area contributed by atoms with Crippen LogP contribution in [0.25, 0.3) is 11.1 Å². The minimum Gasteiger partial charge on any atom is -0.267 e. The Kier molecular flexibility index (Phi) is 3.49. The Labute approximate surface area is 109 Å². The summed E-state index contributed by atoms with van der Waals surface area (Å²) in [5.74, 6) is -0.591. The Hall–Kier alpha value is -1.66. The highest BCUT2D eigenvalue weighted by atomic mass is 32.2. The van der Waals surface area contributed by atoms with Gasteiger partial charge in [0.25, 0.3) is 5.91 Å². The third-order valence-corrected chi connectivity index (χ3v) is 3.70. The number of amides is 1. The minimum absolute atomic E-state index is 0.395. The van der Waals surface area contributed by atoms with Crippen molar-refractivity contribution in [2.75, 3.05) is 6.26 Å². The SMILES string of the molecule is CS(=O)(=O)NC(=O)c1sccc1-c1ccccc1. The molecule has 94 valence electrons. The van der Waals surface area contributed by atoms with Crippen molar-refractivity contribution in [3.8, 4) is 11.1 Å². The van der Waals surface area contributed by atoms with Crippen molar-refractivity contribution >= 4 is 27.3 Å². The third kappa shape index (κ3) is 2.96. The molecule has 2 rings (SSSR count). The Morgan fingerprint density at radius 3 is 2.44 bits per heavy atom. The van der Waals surface area contributed by atoms with Gasteiger partial charge in [0.05, 0.1) is 6.26 Å². The van der Waals surface area contributed by atoms with Gasteiger partial charge in [-0.15, -0.1) is 11.3 Å². The molecule has 0 unspecified atom stereocenters. The standard InChI is InChI=1S/C12H11NO3S2/c1-18(15,16)13-12(14)11-10(7-8-17-11)9-5-3-2-4-6-9/h2-8H,1H3,(H,13,14). The van der Waals surface area contributed by atoms with E-state index in [4.69, 9.17) is 0 Å². The van der Waals surface area contributed by atoms with E-state index in [0.29, 0.717) is 4.88 Å². The highest BCUT2D eigenvalue weighted by Crippen LogP contribution is 2.28. The summed E-state index contributed by atoms with van der Waals surface area (Å²) in [6.45, 7) is 0. The first-order valence-corrected chi connectivity index (χ1v) is 7.89. The molecule has 0 spiro atoms.